The molecule has 2 bridgehead atoms. The highest BCUT2D eigenvalue weighted by Gasteiger charge is 2.34. The Morgan fingerprint density at radius 2 is 2.18 bits per heavy atom. The van der Waals surface area contributed by atoms with E-state index >= 15 is 0 Å². The highest BCUT2D eigenvalue weighted by molar-refractivity contribution is 5.89. The van der Waals surface area contributed by atoms with E-state index in [-0.39, 0.29) is 12.0 Å². The molecule has 2 aromatic rings. The maximum absolute atomic E-state index is 11.9. The average Bonchev–Trinajstić information content (AvgIpc) is 2.88. The second-order valence-corrected chi connectivity index (χ2v) is 7.49. The summed E-state index contributed by atoms with van der Waals surface area (Å²) in [4.78, 5) is 28.8. The van der Waals surface area contributed by atoms with E-state index in [1.54, 1.807) is 25.5 Å². The number of hydrogen-bond donors (Lipinski definition) is 1. The maximum atomic E-state index is 11.9. The number of imidazole rings is 1. The number of carbonyl (C=O) groups is 1. The number of fused-ring (bicyclic) bond motifs is 3. The molecule has 2 aromatic heterocycles. The normalized spacial score (nSPS) is 22.7. The minimum Gasteiger partial charge on any atom is -0.462 e. The predicted molar refractivity (Wildman–Crippen MR) is 104 cm³/mol. The first kappa shape index (κ1) is 18.9. The van der Waals surface area contributed by atoms with Crippen LogP contribution in [0.25, 0.3) is 0 Å². The lowest BCUT2D eigenvalue weighted by atomic mass is 10.1. The van der Waals surface area contributed by atoms with E-state index in [4.69, 9.17) is 9.47 Å². The van der Waals surface area contributed by atoms with Gasteiger partial charge in [0.2, 0.25) is 0 Å². The van der Waals surface area contributed by atoms with Crippen molar-refractivity contribution < 1.29 is 14.3 Å². The van der Waals surface area contributed by atoms with Crippen molar-refractivity contribution in [1.82, 2.24) is 19.9 Å². The number of rotatable bonds is 5. The first-order valence-electron chi connectivity index (χ1n) is 9.82. The maximum Gasteiger partial charge on any atom is 0.339 e. The van der Waals surface area contributed by atoms with Gasteiger partial charge in [0.1, 0.15) is 5.82 Å². The van der Waals surface area contributed by atoms with Gasteiger partial charge in [-0.2, -0.15) is 0 Å². The van der Waals surface area contributed by atoms with Crippen LogP contribution in [-0.2, 0) is 16.0 Å². The number of aromatic amines is 1. The van der Waals surface area contributed by atoms with E-state index in [0.29, 0.717) is 24.7 Å². The number of aryl methyl sites for hydroxylation is 1. The Morgan fingerprint density at radius 1 is 1.29 bits per heavy atom. The lowest BCUT2D eigenvalue weighted by Crippen LogP contribution is -2.44. The number of esters is 1. The summed E-state index contributed by atoms with van der Waals surface area (Å²) in [7, 11) is 0. The molecule has 2 saturated heterocycles. The fraction of sp³-hybridized carbons (Fsp3) is 0.550. The van der Waals surface area contributed by atoms with E-state index in [9.17, 15) is 4.79 Å². The minimum absolute atomic E-state index is 0.273. The van der Waals surface area contributed by atoms with Crippen LogP contribution in [0.4, 0.5) is 5.82 Å². The standard InChI is InChI=1S/C20H27N5O3/c1-3-28-20(26)16-4-5-19(21-6-16)25-8-15-7-24(17(9-25)12-27-11-15)10-18-14(2)22-13-23-18/h4-6,13,15,17H,3,7-12H2,1-2H3,(H,22,23)/t15-,17+/m1/s1. The van der Waals surface area contributed by atoms with Gasteiger partial charge in [-0.15, -0.1) is 0 Å². The number of nitrogens with one attached hydrogen (secondary N) is 1. The van der Waals surface area contributed by atoms with Gasteiger partial charge in [0, 0.05) is 44.0 Å². The van der Waals surface area contributed by atoms with E-state index < -0.39 is 0 Å². The van der Waals surface area contributed by atoms with Crippen LogP contribution in [0.1, 0.15) is 28.7 Å². The molecule has 1 N–H and O–H groups in total. The van der Waals surface area contributed by atoms with E-state index in [1.807, 2.05) is 6.07 Å². The monoisotopic (exact) mass is 385 g/mol. The van der Waals surface area contributed by atoms with Crippen LogP contribution in [-0.4, -0.2) is 71.3 Å². The quantitative estimate of drug-likeness (QED) is 0.783. The summed E-state index contributed by atoms with van der Waals surface area (Å²) in [6.45, 7) is 9.21. The summed E-state index contributed by atoms with van der Waals surface area (Å²) in [6.07, 6.45) is 3.36. The Kier molecular flexibility index (Phi) is 5.59. The minimum atomic E-state index is -0.330. The van der Waals surface area contributed by atoms with Crippen LogP contribution in [0, 0.1) is 12.8 Å². The number of nitrogens with zero attached hydrogens (tertiary/aromatic N) is 4. The van der Waals surface area contributed by atoms with Gasteiger partial charge in [-0.3, -0.25) is 4.90 Å². The number of anilines is 1. The molecule has 0 spiro atoms. The van der Waals surface area contributed by atoms with Crippen LogP contribution in [0.5, 0.6) is 0 Å². The Hall–Kier alpha value is -2.45. The molecule has 2 fully saturated rings. The van der Waals surface area contributed by atoms with Crippen molar-refractivity contribution in [3.05, 3.63) is 41.6 Å². The molecule has 8 heteroatoms. The Balaban J connectivity index is 1.50. The molecule has 4 rings (SSSR count). The fourth-order valence-corrected chi connectivity index (χ4v) is 3.96. The zero-order chi connectivity index (χ0) is 19.5. The Morgan fingerprint density at radius 3 is 2.89 bits per heavy atom. The van der Waals surface area contributed by atoms with Crippen molar-refractivity contribution in [3.8, 4) is 0 Å². The topological polar surface area (TPSA) is 83.6 Å². The highest BCUT2D eigenvalue weighted by atomic mass is 16.5. The first-order valence-corrected chi connectivity index (χ1v) is 9.82. The summed E-state index contributed by atoms with van der Waals surface area (Å²) in [5.74, 6) is 0.962. The van der Waals surface area contributed by atoms with Crippen molar-refractivity contribution >= 4 is 11.8 Å². The third kappa shape index (κ3) is 4.02. The molecule has 0 aliphatic carbocycles. The van der Waals surface area contributed by atoms with Gasteiger partial charge in [0.05, 0.1) is 43.4 Å². The molecule has 0 amide bonds. The molecule has 0 unspecified atom stereocenters. The molecule has 0 radical (unpaired) electrons. The van der Waals surface area contributed by atoms with Crippen LogP contribution >= 0.6 is 0 Å². The molecule has 2 atom stereocenters. The number of ether oxygens (including phenoxy) is 2. The van der Waals surface area contributed by atoms with Gasteiger partial charge < -0.3 is 19.4 Å². The molecule has 2 aliphatic heterocycles. The summed E-state index contributed by atoms with van der Waals surface area (Å²) in [5.41, 5.74) is 2.70. The molecule has 28 heavy (non-hydrogen) atoms. The van der Waals surface area contributed by atoms with Gasteiger partial charge in [-0.1, -0.05) is 0 Å². The third-order valence-corrected chi connectivity index (χ3v) is 5.45. The SMILES string of the molecule is CCOC(=O)c1ccc(N2C[C@@H]3COC[C@H](C2)N(Cc2nc[nH]c2C)C3)nc1. The van der Waals surface area contributed by atoms with Gasteiger partial charge in [-0.05, 0) is 26.0 Å². The predicted octanol–water partition coefficient (Wildman–Crippen LogP) is 1.63. The molecule has 8 nitrogen and oxygen atoms in total. The molecular formula is C20H27N5O3. The summed E-state index contributed by atoms with van der Waals surface area (Å²) < 4.78 is 11.0. The van der Waals surface area contributed by atoms with Gasteiger partial charge in [0.25, 0.3) is 0 Å². The smallest absolute Gasteiger partial charge is 0.339 e. The summed E-state index contributed by atoms with van der Waals surface area (Å²) in [6, 6.07) is 3.98. The lowest BCUT2D eigenvalue weighted by Gasteiger charge is -2.31. The average molecular weight is 385 g/mol. The van der Waals surface area contributed by atoms with Gasteiger partial charge >= 0.3 is 5.97 Å². The molecule has 4 heterocycles. The second kappa shape index (κ2) is 8.28. The van der Waals surface area contributed by atoms with Crippen LogP contribution < -0.4 is 4.90 Å². The van der Waals surface area contributed by atoms with Crippen molar-refractivity contribution in [1.29, 1.82) is 0 Å². The van der Waals surface area contributed by atoms with Crippen molar-refractivity contribution in [2.75, 3.05) is 44.4 Å². The molecule has 2 aliphatic rings. The third-order valence-electron chi connectivity index (χ3n) is 5.45. The number of aromatic nitrogens is 3. The van der Waals surface area contributed by atoms with Gasteiger partial charge in [-0.25, -0.2) is 14.8 Å². The molecule has 150 valence electrons. The number of carbonyl (C=O) groups excluding carboxylic acids is 1. The second-order valence-electron chi connectivity index (χ2n) is 7.49. The Bertz CT molecular complexity index is 806. The van der Waals surface area contributed by atoms with Crippen LogP contribution in [0.3, 0.4) is 0 Å². The zero-order valence-corrected chi connectivity index (χ0v) is 16.4. The lowest BCUT2D eigenvalue weighted by molar-refractivity contribution is 0.0526. The number of H-pyrrole nitrogens is 1. The summed E-state index contributed by atoms with van der Waals surface area (Å²) >= 11 is 0. The van der Waals surface area contributed by atoms with Crippen LogP contribution in [0.2, 0.25) is 0 Å². The number of pyridine rings is 1. The summed E-state index contributed by atoms with van der Waals surface area (Å²) in [5, 5.41) is 0. The van der Waals surface area contributed by atoms with Crippen molar-refractivity contribution in [2.45, 2.75) is 26.4 Å². The van der Waals surface area contributed by atoms with Crippen LogP contribution in [0.15, 0.2) is 24.7 Å². The fourth-order valence-electron chi connectivity index (χ4n) is 3.96. The van der Waals surface area contributed by atoms with Crippen molar-refractivity contribution in [2.24, 2.45) is 5.92 Å². The van der Waals surface area contributed by atoms with Gasteiger partial charge in [0.15, 0.2) is 0 Å². The molecular weight excluding hydrogens is 358 g/mol. The zero-order valence-electron chi connectivity index (χ0n) is 16.4. The molecule has 0 aromatic carbocycles. The Labute approximate surface area is 164 Å². The highest BCUT2D eigenvalue weighted by Crippen LogP contribution is 2.25. The van der Waals surface area contributed by atoms with E-state index in [0.717, 1.165) is 50.0 Å². The van der Waals surface area contributed by atoms with E-state index in [1.165, 1.54) is 0 Å². The van der Waals surface area contributed by atoms with E-state index in [2.05, 4.69) is 31.7 Å². The molecule has 0 saturated carbocycles. The van der Waals surface area contributed by atoms with Crippen molar-refractivity contribution in [3.63, 3.8) is 0 Å². The number of hydrogen-bond acceptors (Lipinski definition) is 7. The first-order chi connectivity index (χ1) is 13.6. The largest absolute Gasteiger partial charge is 0.462 e.